The van der Waals surface area contributed by atoms with Crippen molar-refractivity contribution >= 4 is 27.3 Å². The molecule has 0 radical (unpaired) electrons. The summed E-state index contributed by atoms with van der Waals surface area (Å²) in [6.07, 6.45) is 6.56. The van der Waals surface area contributed by atoms with Gasteiger partial charge in [-0.1, -0.05) is 31.6 Å². The third-order valence-corrected chi connectivity index (χ3v) is 4.79. The van der Waals surface area contributed by atoms with Crippen LogP contribution in [0.3, 0.4) is 0 Å². The molecule has 3 N–H and O–H groups in total. The summed E-state index contributed by atoms with van der Waals surface area (Å²) in [4.78, 5) is 0.867. The summed E-state index contributed by atoms with van der Waals surface area (Å²) in [5, 5.41) is 8.88. The Labute approximate surface area is 124 Å². The highest BCUT2D eigenvalue weighted by molar-refractivity contribution is 7.20. The molecular formula is C17H22N2S. The molecule has 3 heteroatoms. The molecule has 106 valence electrons. The number of amidine groups is 1. The quantitative estimate of drug-likeness (QED) is 0.418. The number of nitrogen functional groups attached to an aromatic ring is 1. The Bertz CT molecular complexity index is 612. The highest BCUT2D eigenvalue weighted by Crippen LogP contribution is 2.35. The Hall–Kier alpha value is -1.61. The first-order valence-corrected chi connectivity index (χ1v) is 7.96. The molecule has 2 nitrogen and oxygen atoms in total. The molecule has 20 heavy (non-hydrogen) atoms. The Kier molecular flexibility index (Phi) is 4.96. The van der Waals surface area contributed by atoms with Crippen molar-refractivity contribution < 1.29 is 0 Å². The molecule has 0 saturated heterocycles. The average Bonchev–Trinajstić information content (AvgIpc) is 2.87. The van der Waals surface area contributed by atoms with E-state index in [4.69, 9.17) is 11.1 Å². The Balaban J connectivity index is 2.44. The predicted octanol–water partition coefficient (Wildman–Crippen LogP) is 5.04. The van der Waals surface area contributed by atoms with E-state index in [1.165, 1.54) is 28.5 Å². The normalized spacial score (nSPS) is 12.4. The maximum absolute atomic E-state index is 7.61. The second-order valence-corrected chi connectivity index (χ2v) is 6.22. The van der Waals surface area contributed by atoms with Gasteiger partial charge in [-0.2, -0.15) is 0 Å². The molecule has 0 aliphatic carbocycles. The fraction of sp³-hybridized carbons (Fsp3) is 0.353. The smallest absolute Gasteiger partial charge is 0.133 e. The third kappa shape index (κ3) is 3.10. The minimum Gasteiger partial charge on any atom is -0.383 e. The molecule has 0 bridgehead atoms. The van der Waals surface area contributed by atoms with Crippen molar-refractivity contribution in [2.75, 3.05) is 0 Å². The van der Waals surface area contributed by atoms with E-state index >= 15 is 0 Å². The molecule has 2 aromatic rings. The highest BCUT2D eigenvalue weighted by atomic mass is 32.1. The number of allylic oxidation sites excluding steroid dienone is 1. The van der Waals surface area contributed by atoms with Crippen molar-refractivity contribution in [3.8, 4) is 0 Å². The zero-order valence-electron chi connectivity index (χ0n) is 12.0. The van der Waals surface area contributed by atoms with Gasteiger partial charge in [0, 0.05) is 4.70 Å². The number of fused-ring (bicyclic) bond motifs is 1. The lowest BCUT2D eigenvalue weighted by Gasteiger charge is -2.17. The van der Waals surface area contributed by atoms with Gasteiger partial charge in [0.25, 0.3) is 0 Å². The average molecular weight is 286 g/mol. The van der Waals surface area contributed by atoms with E-state index in [1.54, 1.807) is 11.3 Å². The summed E-state index contributed by atoms with van der Waals surface area (Å²) in [6.45, 7) is 6.07. The van der Waals surface area contributed by atoms with Crippen LogP contribution in [0.4, 0.5) is 0 Å². The first-order valence-electron chi connectivity index (χ1n) is 7.15. The minimum atomic E-state index is 0.162. The largest absolute Gasteiger partial charge is 0.383 e. The summed E-state index contributed by atoms with van der Waals surface area (Å²) in [6, 6.07) is 8.54. The predicted molar refractivity (Wildman–Crippen MR) is 89.9 cm³/mol. The minimum absolute atomic E-state index is 0.162. The van der Waals surface area contributed by atoms with Crippen molar-refractivity contribution in [3.63, 3.8) is 0 Å². The lowest BCUT2D eigenvalue weighted by molar-refractivity contribution is 0.578. The molecule has 1 atom stereocenters. The van der Waals surface area contributed by atoms with Crippen LogP contribution in [-0.4, -0.2) is 5.84 Å². The van der Waals surface area contributed by atoms with Crippen molar-refractivity contribution in [1.29, 1.82) is 5.41 Å². The van der Waals surface area contributed by atoms with Crippen LogP contribution >= 0.6 is 11.3 Å². The lowest BCUT2D eigenvalue weighted by atomic mass is 9.88. The van der Waals surface area contributed by atoms with Crippen LogP contribution in [0.5, 0.6) is 0 Å². The van der Waals surface area contributed by atoms with Gasteiger partial charge in [-0.3, -0.25) is 5.41 Å². The zero-order chi connectivity index (χ0) is 14.5. The van der Waals surface area contributed by atoms with Crippen LogP contribution < -0.4 is 5.73 Å². The maximum atomic E-state index is 7.61. The van der Waals surface area contributed by atoms with E-state index in [0.717, 1.165) is 17.7 Å². The van der Waals surface area contributed by atoms with E-state index in [0.29, 0.717) is 5.92 Å². The van der Waals surface area contributed by atoms with Gasteiger partial charge in [0.15, 0.2) is 0 Å². The van der Waals surface area contributed by atoms with Gasteiger partial charge in [0.05, 0.1) is 4.88 Å². The van der Waals surface area contributed by atoms with E-state index in [1.807, 2.05) is 6.08 Å². The van der Waals surface area contributed by atoms with Crippen molar-refractivity contribution in [1.82, 2.24) is 0 Å². The topological polar surface area (TPSA) is 49.9 Å². The van der Waals surface area contributed by atoms with Crippen LogP contribution in [0.25, 0.3) is 10.1 Å². The summed E-state index contributed by atoms with van der Waals surface area (Å²) in [5.41, 5.74) is 7.02. The van der Waals surface area contributed by atoms with Crippen LogP contribution in [0, 0.1) is 5.41 Å². The molecule has 0 aliphatic heterocycles. The number of rotatable bonds is 7. The zero-order valence-corrected chi connectivity index (χ0v) is 12.8. The molecule has 0 amide bonds. The fourth-order valence-corrected chi connectivity index (χ4v) is 3.65. The number of nitrogens with two attached hydrogens (primary N) is 1. The summed E-state index contributed by atoms with van der Waals surface area (Å²) in [5.74, 6) is 0.728. The Morgan fingerprint density at radius 1 is 1.45 bits per heavy atom. The van der Waals surface area contributed by atoms with Gasteiger partial charge in [-0.15, -0.1) is 17.9 Å². The molecule has 1 aromatic carbocycles. The molecule has 1 heterocycles. The summed E-state index contributed by atoms with van der Waals surface area (Å²) >= 11 is 1.61. The molecular weight excluding hydrogens is 264 g/mol. The SMILES string of the molecule is C=CCCC(CCC)c1cccc2sc(C(=N)N)cc12. The first-order chi connectivity index (χ1) is 9.67. The van der Waals surface area contributed by atoms with Crippen LogP contribution in [0.15, 0.2) is 36.9 Å². The monoisotopic (exact) mass is 286 g/mol. The molecule has 1 aromatic heterocycles. The van der Waals surface area contributed by atoms with Crippen molar-refractivity contribution in [3.05, 3.63) is 47.4 Å². The maximum Gasteiger partial charge on any atom is 0.133 e. The van der Waals surface area contributed by atoms with E-state index in [2.05, 4.69) is 37.8 Å². The molecule has 0 spiro atoms. The molecule has 2 rings (SSSR count). The third-order valence-electron chi connectivity index (χ3n) is 3.66. The molecule has 1 unspecified atom stereocenters. The van der Waals surface area contributed by atoms with Gasteiger partial charge < -0.3 is 5.73 Å². The second kappa shape index (κ2) is 6.71. The molecule has 0 fully saturated rings. The number of hydrogen-bond donors (Lipinski definition) is 2. The first kappa shape index (κ1) is 14.8. The van der Waals surface area contributed by atoms with Crippen molar-refractivity contribution in [2.24, 2.45) is 5.73 Å². The summed E-state index contributed by atoms with van der Waals surface area (Å²) < 4.78 is 1.23. The standard InChI is InChI=1S/C17H22N2S/c1-3-5-8-12(7-4-2)13-9-6-10-15-14(13)11-16(20-15)17(18)19/h3,6,9-12H,1,4-5,7-8H2,2H3,(H3,18,19). The number of thiophene rings is 1. The van der Waals surface area contributed by atoms with Gasteiger partial charge in [-0.05, 0) is 48.3 Å². The van der Waals surface area contributed by atoms with Crippen molar-refractivity contribution in [2.45, 2.75) is 38.5 Å². The van der Waals surface area contributed by atoms with Crippen LogP contribution in [-0.2, 0) is 0 Å². The highest BCUT2D eigenvalue weighted by Gasteiger charge is 2.15. The van der Waals surface area contributed by atoms with Crippen LogP contribution in [0.1, 0.15) is 49.0 Å². The van der Waals surface area contributed by atoms with E-state index < -0.39 is 0 Å². The Morgan fingerprint density at radius 3 is 2.90 bits per heavy atom. The molecule has 0 saturated carbocycles. The van der Waals surface area contributed by atoms with E-state index in [-0.39, 0.29) is 5.84 Å². The second-order valence-electron chi connectivity index (χ2n) is 5.14. The number of nitrogens with one attached hydrogen (secondary N) is 1. The Morgan fingerprint density at radius 2 is 2.25 bits per heavy atom. The van der Waals surface area contributed by atoms with E-state index in [9.17, 15) is 0 Å². The van der Waals surface area contributed by atoms with Gasteiger partial charge in [-0.25, -0.2) is 0 Å². The summed E-state index contributed by atoms with van der Waals surface area (Å²) in [7, 11) is 0. The van der Waals surface area contributed by atoms with Gasteiger partial charge >= 0.3 is 0 Å². The van der Waals surface area contributed by atoms with Gasteiger partial charge in [0.2, 0.25) is 0 Å². The van der Waals surface area contributed by atoms with Gasteiger partial charge in [0.1, 0.15) is 5.84 Å². The number of benzene rings is 1. The lowest BCUT2D eigenvalue weighted by Crippen LogP contribution is -2.08. The molecule has 0 aliphatic rings. The number of hydrogen-bond acceptors (Lipinski definition) is 2. The fourth-order valence-electron chi connectivity index (χ4n) is 2.70. The van der Waals surface area contributed by atoms with Crippen LogP contribution in [0.2, 0.25) is 0 Å².